The molecule has 0 aliphatic carbocycles. The molecule has 0 atom stereocenters. The van der Waals surface area contributed by atoms with E-state index in [9.17, 15) is 0 Å². The summed E-state index contributed by atoms with van der Waals surface area (Å²) in [5, 5.41) is 20.0. The van der Waals surface area contributed by atoms with E-state index in [1.165, 1.54) is 6.20 Å². The highest BCUT2D eigenvalue weighted by Gasteiger charge is 2.06. The fourth-order valence-electron chi connectivity index (χ4n) is 1.40. The van der Waals surface area contributed by atoms with E-state index in [4.69, 9.17) is 21.6 Å². The van der Waals surface area contributed by atoms with Gasteiger partial charge in [-0.3, -0.25) is 0 Å². The van der Waals surface area contributed by atoms with Gasteiger partial charge in [0, 0.05) is 5.69 Å². The number of benzene rings is 1. The van der Waals surface area contributed by atoms with Crippen molar-refractivity contribution in [2.45, 2.75) is 0 Å². The van der Waals surface area contributed by atoms with E-state index < -0.39 is 0 Å². The van der Waals surface area contributed by atoms with Gasteiger partial charge in [0.25, 0.3) is 0 Å². The van der Waals surface area contributed by atoms with E-state index in [2.05, 4.69) is 15.5 Å². The van der Waals surface area contributed by atoms with Gasteiger partial charge >= 0.3 is 0 Å². The van der Waals surface area contributed by atoms with Crippen molar-refractivity contribution in [1.82, 2.24) is 10.2 Å². The van der Waals surface area contributed by atoms with Crippen LogP contribution in [0.3, 0.4) is 0 Å². The standard InChI is InChI=1S/C12H9ClN4O/c1-18-11-3-2-9(6-10(11)13)16-12-8(7-14)4-5-15-17-12/h2-6H,1H3,(H,16,17). The van der Waals surface area contributed by atoms with Crippen LogP contribution in [0.4, 0.5) is 11.5 Å². The summed E-state index contributed by atoms with van der Waals surface area (Å²) in [6.45, 7) is 0. The molecule has 90 valence electrons. The molecule has 2 aromatic rings. The fourth-order valence-corrected chi connectivity index (χ4v) is 1.65. The van der Waals surface area contributed by atoms with Crippen LogP contribution < -0.4 is 10.1 Å². The molecule has 5 nitrogen and oxygen atoms in total. The molecule has 1 N–H and O–H groups in total. The van der Waals surface area contributed by atoms with Crippen LogP contribution in [-0.2, 0) is 0 Å². The van der Waals surface area contributed by atoms with Crippen molar-refractivity contribution in [3.8, 4) is 11.8 Å². The van der Waals surface area contributed by atoms with Crippen molar-refractivity contribution in [1.29, 1.82) is 5.26 Å². The summed E-state index contributed by atoms with van der Waals surface area (Å²) >= 11 is 6.00. The molecule has 0 saturated heterocycles. The molecule has 0 spiro atoms. The number of nitrogens with one attached hydrogen (secondary N) is 1. The van der Waals surface area contributed by atoms with Crippen molar-refractivity contribution in [2.75, 3.05) is 12.4 Å². The topological polar surface area (TPSA) is 70.8 Å². The average molecular weight is 261 g/mol. The zero-order valence-corrected chi connectivity index (χ0v) is 10.3. The van der Waals surface area contributed by atoms with Gasteiger partial charge in [0.05, 0.1) is 23.9 Å². The highest BCUT2D eigenvalue weighted by atomic mass is 35.5. The van der Waals surface area contributed by atoms with Crippen LogP contribution in [0.1, 0.15) is 5.56 Å². The second kappa shape index (κ2) is 5.34. The van der Waals surface area contributed by atoms with Crippen molar-refractivity contribution < 1.29 is 4.74 Å². The minimum atomic E-state index is 0.390. The molecule has 6 heteroatoms. The lowest BCUT2D eigenvalue weighted by molar-refractivity contribution is 0.415. The Morgan fingerprint density at radius 1 is 1.39 bits per heavy atom. The molecule has 0 saturated carbocycles. The van der Waals surface area contributed by atoms with E-state index in [-0.39, 0.29) is 0 Å². The van der Waals surface area contributed by atoms with Gasteiger partial charge in [-0.05, 0) is 24.3 Å². The second-order valence-electron chi connectivity index (χ2n) is 3.38. The Morgan fingerprint density at radius 3 is 2.89 bits per heavy atom. The zero-order chi connectivity index (χ0) is 13.0. The van der Waals surface area contributed by atoms with Crippen LogP contribution in [0.15, 0.2) is 30.5 Å². The summed E-state index contributed by atoms with van der Waals surface area (Å²) in [4.78, 5) is 0. The molecular formula is C12H9ClN4O. The number of nitriles is 1. The summed E-state index contributed by atoms with van der Waals surface area (Å²) in [6.07, 6.45) is 1.46. The fraction of sp³-hybridized carbons (Fsp3) is 0.0833. The van der Waals surface area contributed by atoms with Crippen molar-refractivity contribution >= 4 is 23.1 Å². The highest BCUT2D eigenvalue weighted by Crippen LogP contribution is 2.28. The van der Waals surface area contributed by atoms with Crippen LogP contribution in [0.25, 0.3) is 0 Å². The van der Waals surface area contributed by atoms with E-state index in [0.29, 0.717) is 27.8 Å². The first-order valence-electron chi connectivity index (χ1n) is 5.07. The molecule has 1 heterocycles. The van der Waals surface area contributed by atoms with Crippen molar-refractivity contribution in [3.63, 3.8) is 0 Å². The molecule has 0 unspecified atom stereocenters. The number of hydrogen-bond acceptors (Lipinski definition) is 5. The van der Waals surface area contributed by atoms with Gasteiger partial charge in [-0.1, -0.05) is 11.6 Å². The number of hydrogen-bond donors (Lipinski definition) is 1. The number of aromatic nitrogens is 2. The van der Waals surface area contributed by atoms with Gasteiger partial charge in [-0.15, -0.1) is 5.10 Å². The monoisotopic (exact) mass is 260 g/mol. The zero-order valence-electron chi connectivity index (χ0n) is 9.51. The number of ether oxygens (including phenoxy) is 1. The van der Waals surface area contributed by atoms with Crippen LogP contribution in [0.2, 0.25) is 5.02 Å². The Kier molecular flexibility index (Phi) is 3.60. The summed E-state index contributed by atoms with van der Waals surface area (Å²) < 4.78 is 5.06. The Bertz CT molecular complexity index is 609. The number of anilines is 2. The molecule has 0 aliphatic rings. The van der Waals surface area contributed by atoms with Crippen molar-refractivity contribution in [3.05, 3.63) is 41.0 Å². The minimum Gasteiger partial charge on any atom is -0.495 e. The van der Waals surface area contributed by atoms with Crippen LogP contribution in [-0.4, -0.2) is 17.3 Å². The number of methoxy groups -OCH3 is 1. The average Bonchev–Trinajstić information content (AvgIpc) is 2.39. The van der Waals surface area contributed by atoms with E-state index in [1.54, 1.807) is 31.4 Å². The van der Waals surface area contributed by atoms with Crippen LogP contribution in [0.5, 0.6) is 5.75 Å². The minimum absolute atomic E-state index is 0.390. The van der Waals surface area contributed by atoms with Gasteiger partial charge in [-0.25, -0.2) is 0 Å². The van der Waals surface area contributed by atoms with Gasteiger partial charge in [0.2, 0.25) is 0 Å². The predicted molar refractivity (Wildman–Crippen MR) is 68.0 cm³/mol. The number of rotatable bonds is 3. The Labute approximate surface area is 109 Å². The largest absolute Gasteiger partial charge is 0.495 e. The molecule has 0 bridgehead atoms. The summed E-state index contributed by atoms with van der Waals surface area (Å²) in [6, 6.07) is 8.81. The molecule has 0 amide bonds. The third-order valence-electron chi connectivity index (χ3n) is 2.26. The normalized spacial score (nSPS) is 9.61. The van der Waals surface area contributed by atoms with Gasteiger partial charge in [0.1, 0.15) is 11.8 Å². The third-order valence-corrected chi connectivity index (χ3v) is 2.55. The lowest BCUT2D eigenvalue weighted by Crippen LogP contribution is -1.98. The molecule has 1 aromatic heterocycles. The smallest absolute Gasteiger partial charge is 0.171 e. The molecule has 2 rings (SSSR count). The molecule has 0 fully saturated rings. The molecule has 0 radical (unpaired) electrons. The van der Waals surface area contributed by atoms with Crippen molar-refractivity contribution in [2.24, 2.45) is 0 Å². The Balaban J connectivity index is 2.29. The SMILES string of the molecule is COc1ccc(Nc2nnccc2C#N)cc1Cl. The molecule has 0 aliphatic heterocycles. The maximum Gasteiger partial charge on any atom is 0.171 e. The van der Waals surface area contributed by atoms with Gasteiger partial charge in [-0.2, -0.15) is 10.4 Å². The first kappa shape index (κ1) is 12.1. The highest BCUT2D eigenvalue weighted by molar-refractivity contribution is 6.32. The maximum absolute atomic E-state index is 8.93. The Morgan fingerprint density at radius 2 is 2.22 bits per heavy atom. The molecule has 1 aromatic carbocycles. The van der Waals surface area contributed by atoms with E-state index >= 15 is 0 Å². The third kappa shape index (κ3) is 2.50. The Hall–Kier alpha value is -2.32. The van der Waals surface area contributed by atoms with Crippen LogP contribution >= 0.6 is 11.6 Å². The maximum atomic E-state index is 8.93. The van der Waals surface area contributed by atoms with E-state index in [0.717, 1.165) is 0 Å². The van der Waals surface area contributed by atoms with Crippen LogP contribution in [0, 0.1) is 11.3 Å². The number of halogens is 1. The predicted octanol–water partition coefficient (Wildman–Crippen LogP) is 2.75. The van der Waals surface area contributed by atoms with Gasteiger partial charge < -0.3 is 10.1 Å². The quantitative estimate of drug-likeness (QED) is 0.919. The van der Waals surface area contributed by atoms with Gasteiger partial charge in [0.15, 0.2) is 5.82 Å². The van der Waals surface area contributed by atoms with E-state index in [1.807, 2.05) is 6.07 Å². The summed E-state index contributed by atoms with van der Waals surface area (Å²) in [5.74, 6) is 0.975. The first-order valence-corrected chi connectivity index (χ1v) is 5.44. The number of nitrogens with zero attached hydrogens (tertiary/aromatic N) is 3. The summed E-state index contributed by atoms with van der Waals surface area (Å²) in [5.41, 5.74) is 1.12. The molecule has 18 heavy (non-hydrogen) atoms. The molecular weight excluding hydrogens is 252 g/mol. The lowest BCUT2D eigenvalue weighted by Gasteiger charge is -2.08. The first-order chi connectivity index (χ1) is 8.74. The second-order valence-corrected chi connectivity index (χ2v) is 3.79. The lowest BCUT2D eigenvalue weighted by atomic mass is 10.2. The summed E-state index contributed by atoms with van der Waals surface area (Å²) in [7, 11) is 1.55.